The Hall–Kier alpha value is -3.70. The van der Waals surface area contributed by atoms with Gasteiger partial charge in [0.2, 0.25) is 0 Å². The summed E-state index contributed by atoms with van der Waals surface area (Å²) in [6.07, 6.45) is -2.40. The van der Waals surface area contributed by atoms with Crippen LogP contribution in [-0.4, -0.2) is 94.2 Å². The Labute approximate surface area is 241 Å². The normalized spacial score (nSPS) is 23.0. The van der Waals surface area contributed by atoms with E-state index in [0.717, 1.165) is 6.33 Å². The van der Waals surface area contributed by atoms with Gasteiger partial charge in [-0.05, 0) is 10.6 Å². The number of ether oxygens (including phenoxy) is 1. The number of anilines is 2. The summed E-state index contributed by atoms with van der Waals surface area (Å²) < 4.78 is 51.9. The van der Waals surface area contributed by atoms with Crippen molar-refractivity contribution >= 4 is 63.4 Å². The second-order valence-electron chi connectivity index (χ2n) is 8.22. The van der Waals surface area contributed by atoms with E-state index in [1.165, 1.54) is 17.2 Å². The number of H-pyrrole nitrogens is 1. The summed E-state index contributed by atoms with van der Waals surface area (Å²) >= 11 is 0. The molecule has 1 aliphatic rings. The highest BCUT2D eigenvalue weighted by Crippen LogP contribution is 2.66. The minimum Gasteiger partial charge on any atom is -0.387 e. The molecule has 5 rings (SSSR count). The summed E-state index contributed by atoms with van der Waals surface area (Å²) in [5.74, 6) is 0.447. The van der Waals surface area contributed by atoms with E-state index >= 15 is 0 Å². The number of imidazole rings is 2. The second kappa shape index (κ2) is 12.7. The third-order valence-electron chi connectivity index (χ3n) is 5.26. The Kier molecular flexibility index (Phi) is 9.60. The van der Waals surface area contributed by atoms with Crippen LogP contribution in [0.4, 0.5) is 17.6 Å². The van der Waals surface area contributed by atoms with Gasteiger partial charge in [-0.2, -0.15) is 8.62 Å². The third kappa shape index (κ3) is 7.87. The highest BCUT2D eigenvalue weighted by atomic mass is 31.3. The van der Waals surface area contributed by atoms with Crippen molar-refractivity contribution in [3.63, 3.8) is 0 Å². The van der Waals surface area contributed by atoms with Gasteiger partial charge in [-0.15, -0.1) is 0 Å². The lowest BCUT2D eigenvalue weighted by atomic mass is 10.1. The van der Waals surface area contributed by atoms with Crippen LogP contribution in [0.3, 0.4) is 0 Å². The fraction of sp³-hybridized carbons (Fsp3) is 0.333. The Morgan fingerprint density at radius 1 is 1.00 bits per heavy atom. The number of nitrogens with one attached hydrogen (secondary N) is 1. The molecule has 2 unspecified atom stereocenters. The Bertz CT molecular complexity index is 1860. The first-order valence-corrected chi connectivity index (χ1v) is 15.8. The molecule has 238 valence electrons. The number of phosphoric ester groups is 1. The molecule has 0 aliphatic carbocycles. The number of fused-ring (bicyclic) bond motifs is 2. The van der Waals surface area contributed by atoms with E-state index in [-0.39, 0.29) is 28.7 Å². The monoisotopic (exact) mass is 683 g/mol. The van der Waals surface area contributed by atoms with Crippen LogP contribution in [0.1, 0.15) is 6.23 Å². The summed E-state index contributed by atoms with van der Waals surface area (Å²) in [5.41, 5.74) is 20.5. The van der Waals surface area contributed by atoms with Crippen molar-refractivity contribution in [3.8, 4) is 0 Å². The van der Waals surface area contributed by atoms with Crippen LogP contribution in [0.25, 0.3) is 32.8 Å². The highest BCUT2D eigenvalue weighted by Gasteiger charge is 2.47. The molecule has 0 aromatic carbocycles. The molecule has 29 heteroatoms. The van der Waals surface area contributed by atoms with Gasteiger partial charge in [-0.25, -0.2) is 43.6 Å². The largest absolute Gasteiger partial charge is 0.490 e. The number of nitrogens with zero attached hydrogens (tertiary/aromatic N) is 10. The molecule has 0 amide bonds. The average molecular weight is 683 g/mol. The molecule has 4 aromatic rings. The van der Waals surface area contributed by atoms with E-state index in [9.17, 15) is 28.8 Å². The lowest BCUT2D eigenvalue weighted by molar-refractivity contribution is -0.0503. The number of nitrogens with two attached hydrogens (primary N) is 2. The zero-order chi connectivity index (χ0) is 32.4. The number of nitrogen functional groups attached to an aromatic ring is 2. The minimum absolute atomic E-state index is 0.0426. The Morgan fingerprint density at radius 2 is 1.68 bits per heavy atom. The van der Waals surface area contributed by atoms with Crippen LogP contribution in [0.15, 0.2) is 24.1 Å². The molecule has 44 heavy (non-hydrogen) atoms. The first kappa shape index (κ1) is 33.2. The van der Waals surface area contributed by atoms with Gasteiger partial charge in [0.1, 0.15) is 42.0 Å². The fourth-order valence-corrected chi connectivity index (χ4v) is 6.58. The summed E-state index contributed by atoms with van der Waals surface area (Å²) in [4.78, 5) is 63.9. The molecule has 4 aromatic heterocycles. The number of rotatable bonds is 9. The van der Waals surface area contributed by atoms with Crippen LogP contribution >= 0.6 is 23.5 Å². The smallest absolute Gasteiger partial charge is 0.387 e. The lowest BCUT2D eigenvalue weighted by Gasteiger charge is -2.19. The van der Waals surface area contributed by atoms with Crippen LogP contribution in [0.5, 0.6) is 0 Å². The van der Waals surface area contributed by atoms with E-state index in [0.29, 0.717) is 11.2 Å². The summed E-state index contributed by atoms with van der Waals surface area (Å²) in [7, 11) is -16.7. The zero-order valence-electron chi connectivity index (χ0n) is 21.3. The molecule has 0 radical (unpaired) electrons. The van der Waals surface area contributed by atoms with Crippen LogP contribution in [-0.2, 0) is 31.6 Å². The predicted octanol–water partition coefficient (Wildman–Crippen LogP) is -0.752. The van der Waals surface area contributed by atoms with Gasteiger partial charge in [0.05, 0.1) is 12.9 Å². The number of hydrogen-bond acceptors (Lipinski definition) is 18. The molecule has 1 aliphatic heterocycles. The first-order chi connectivity index (χ1) is 20.5. The van der Waals surface area contributed by atoms with Crippen LogP contribution in [0, 0.1) is 0 Å². The molecule has 0 saturated carbocycles. The van der Waals surface area contributed by atoms with Crippen molar-refractivity contribution < 1.29 is 61.4 Å². The standard InChI is InChI=1S/C10H16N5O13P3.C5H4N8/c11-8-5-9(13-2-12-8)15(3-14-5)10-7(17)6(16)4(26-10)1-25-30(21,22)28-31(23,24)27-29(18,19)20;6-3-2-4(9-1-8-3)11-5(10-2)12-13-7/h2-4,6-7,10,16-17H,1H2,(H,21,22)(H,23,24)(H2,11,12,13)(H2,18,19,20);1H,(H3,6,8,9,10,11)/t4-,6-,7-,10-;/m1./s1. The van der Waals surface area contributed by atoms with E-state index in [4.69, 9.17) is 36.4 Å². The highest BCUT2D eigenvalue weighted by molar-refractivity contribution is 7.66. The maximum absolute atomic E-state index is 11.8. The molecule has 6 atom stereocenters. The number of aliphatic hydroxyl groups is 2. The van der Waals surface area contributed by atoms with Crippen molar-refractivity contribution in [2.24, 2.45) is 5.11 Å². The van der Waals surface area contributed by atoms with Crippen molar-refractivity contribution in [1.29, 1.82) is 0 Å². The topological polar surface area (TPSA) is 408 Å². The molecule has 26 nitrogen and oxygen atoms in total. The van der Waals surface area contributed by atoms with E-state index < -0.39 is 54.6 Å². The number of azide groups is 1. The summed E-state index contributed by atoms with van der Waals surface area (Å²) in [5, 5.41) is 23.7. The van der Waals surface area contributed by atoms with Crippen molar-refractivity contribution in [1.82, 2.24) is 39.5 Å². The van der Waals surface area contributed by atoms with Gasteiger partial charge in [-0.3, -0.25) is 9.09 Å². The molecule has 0 spiro atoms. The lowest BCUT2D eigenvalue weighted by Crippen LogP contribution is -2.33. The van der Waals surface area contributed by atoms with Gasteiger partial charge in [0.15, 0.2) is 35.1 Å². The van der Waals surface area contributed by atoms with Gasteiger partial charge >= 0.3 is 23.5 Å². The Morgan fingerprint density at radius 3 is 2.34 bits per heavy atom. The average Bonchev–Trinajstić information content (AvgIpc) is 3.59. The van der Waals surface area contributed by atoms with Gasteiger partial charge in [-0.1, -0.05) is 0 Å². The molecular weight excluding hydrogens is 663 g/mol. The van der Waals surface area contributed by atoms with Crippen molar-refractivity contribution in [2.75, 3.05) is 18.1 Å². The summed E-state index contributed by atoms with van der Waals surface area (Å²) in [6.45, 7) is -0.956. The number of aromatic nitrogens is 8. The fourth-order valence-electron chi connectivity index (χ4n) is 3.55. The molecule has 1 saturated heterocycles. The Balaban J connectivity index is 0.000000281. The van der Waals surface area contributed by atoms with Crippen LogP contribution < -0.4 is 11.5 Å². The quantitative estimate of drug-likeness (QED) is 0.0453. The molecular formula is C15H20N13O13P3. The van der Waals surface area contributed by atoms with Gasteiger partial charge in [0.25, 0.3) is 0 Å². The van der Waals surface area contributed by atoms with Gasteiger partial charge < -0.3 is 51.0 Å². The molecule has 0 bridgehead atoms. The van der Waals surface area contributed by atoms with Gasteiger partial charge in [0, 0.05) is 4.91 Å². The second-order valence-corrected chi connectivity index (χ2v) is 12.6. The van der Waals surface area contributed by atoms with E-state index in [1.807, 2.05) is 0 Å². The number of hydrogen-bond donors (Lipinski definition) is 9. The van der Waals surface area contributed by atoms with E-state index in [2.05, 4.69) is 58.1 Å². The van der Waals surface area contributed by atoms with Crippen LogP contribution in [0.2, 0.25) is 0 Å². The predicted molar refractivity (Wildman–Crippen MR) is 140 cm³/mol. The zero-order valence-corrected chi connectivity index (χ0v) is 23.9. The number of aromatic amines is 1. The first-order valence-electron chi connectivity index (χ1n) is 11.2. The molecule has 5 heterocycles. The minimum atomic E-state index is -5.70. The molecule has 1 fully saturated rings. The molecule has 11 N–H and O–H groups in total. The summed E-state index contributed by atoms with van der Waals surface area (Å²) in [6, 6.07) is 0. The van der Waals surface area contributed by atoms with Crippen molar-refractivity contribution in [2.45, 2.75) is 24.5 Å². The number of aliphatic hydroxyl groups excluding tert-OH is 2. The maximum Gasteiger partial charge on any atom is 0.490 e. The van der Waals surface area contributed by atoms with E-state index in [1.54, 1.807) is 0 Å². The van der Waals surface area contributed by atoms with Crippen molar-refractivity contribution in [3.05, 3.63) is 29.4 Å². The SMILES string of the molecule is Nc1ncnc2c1ncn2[C@@H]1O[C@H](COP(=O)(O)OP(=O)(O)OP(=O)(O)O)[C@@H](O)[C@H]1O.[N-]=[N+]=Nc1nc2ncnc(N)c2[nH]1. The maximum atomic E-state index is 11.8. The third-order valence-corrected chi connectivity index (χ3v) is 9.06. The number of phosphoric acid groups is 3.